The molecule has 2 aromatic carbocycles. The highest BCUT2D eigenvalue weighted by Gasteiger charge is 2.19. The van der Waals surface area contributed by atoms with Gasteiger partial charge in [0.15, 0.2) is 17.3 Å². The maximum absolute atomic E-state index is 12.6. The van der Waals surface area contributed by atoms with Gasteiger partial charge in [0, 0.05) is 16.3 Å². The molecule has 1 aromatic heterocycles. The number of ether oxygens (including phenoxy) is 2. The number of amides is 1. The van der Waals surface area contributed by atoms with Crippen LogP contribution in [-0.2, 0) is 0 Å². The molecule has 1 amide bonds. The van der Waals surface area contributed by atoms with Crippen molar-refractivity contribution < 1.29 is 18.7 Å². The van der Waals surface area contributed by atoms with E-state index in [1.165, 1.54) is 11.8 Å². The number of rotatable bonds is 3. The SMILES string of the molecule is CSc1cc2c(cc1NC(=O)c1cc3cc(C)ccc3o1)OCCO2. The summed E-state index contributed by atoms with van der Waals surface area (Å²) in [6.45, 7) is 3.04. The van der Waals surface area contributed by atoms with E-state index in [1.54, 1.807) is 12.1 Å². The van der Waals surface area contributed by atoms with Crippen molar-refractivity contribution in [1.82, 2.24) is 0 Å². The summed E-state index contributed by atoms with van der Waals surface area (Å²) in [5, 5.41) is 3.83. The first-order valence-electron chi connectivity index (χ1n) is 7.93. The monoisotopic (exact) mass is 355 g/mol. The molecule has 0 bridgehead atoms. The molecule has 4 rings (SSSR count). The van der Waals surface area contributed by atoms with E-state index in [4.69, 9.17) is 13.9 Å². The minimum absolute atomic E-state index is 0.280. The number of nitrogens with one attached hydrogen (secondary N) is 1. The Morgan fingerprint density at radius 1 is 1.08 bits per heavy atom. The van der Waals surface area contributed by atoms with E-state index in [0.717, 1.165) is 15.8 Å². The highest BCUT2D eigenvalue weighted by molar-refractivity contribution is 7.98. The van der Waals surface area contributed by atoms with Gasteiger partial charge in [0.25, 0.3) is 5.91 Å². The van der Waals surface area contributed by atoms with Gasteiger partial charge in [-0.15, -0.1) is 11.8 Å². The van der Waals surface area contributed by atoms with Gasteiger partial charge < -0.3 is 19.2 Å². The van der Waals surface area contributed by atoms with E-state index in [2.05, 4.69) is 5.32 Å². The number of carbonyl (C=O) groups is 1. The molecule has 0 spiro atoms. The minimum Gasteiger partial charge on any atom is -0.486 e. The number of furan rings is 1. The molecular weight excluding hydrogens is 338 g/mol. The summed E-state index contributed by atoms with van der Waals surface area (Å²) >= 11 is 1.53. The molecule has 2 heterocycles. The molecule has 0 saturated heterocycles. The smallest absolute Gasteiger partial charge is 0.291 e. The topological polar surface area (TPSA) is 60.7 Å². The van der Waals surface area contributed by atoms with Crippen LogP contribution in [0, 0.1) is 6.92 Å². The number of hydrogen-bond donors (Lipinski definition) is 1. The minimum atomic E-state index is -0.291. The van der Waals surface area contributed by atoms with E-state index in [-0.39, 0.29) is 11.7 Å². The third kappa shape index (κ3) is 3.05. The molecule has 1 N–H and O–H groups in total. The Morgan fingerprint density at radius 2 is 1.84 bits per heavy atom. The lowest BCUT2D eigenvalue weighted by Crippen LogP contribution is -2.17. The van der Waals surface area contributed by atoms with Gasteiger partial charge >= 0.3 is 0 Å². The van der Waals surface area contributed by atoms with Gasteiger partial charge in [-0.05, 0) is 37.4 Å². The van der Waals surface area contributed by atoms with Crippen LogP contribution in [0.25, 0.3) is 11.0 Å². The summed E-state index contributed by atoms with van der Waals surface area (Å²) in [5.74, 6) is 1.33. The summed E-state index contributed by atoms with van der Waals surface area (Å²) in [4.78, 5) is 13.5. The zero-order valence-corrected chi connectivity index (χ0v) is 14.7. The Bertz CT molecular complexity index is 963. The lowest BCUT2D eigenvalue weighted by molar-refractivity contribution is 0.0998. The van der Waals surface area contributed by atoms with Crippen LogP contribution in [0.3, 0.4) is 0 Å². The summed E-state index contributed by atoms with van der Waals surface area (Å²) in [5.41, 5.74) is 2.50. The van der Waals surface area contributed by atoms with Crippen molar-refractivity contribution in [2.24, 2.45) is 0 Å². The average molecular weight is 355 g/mol. The van der Waals surface area contributed by atoms with Crippen LogP contribution in [-0.4, -0.2) is 25.4 Å². The fraction of sp³-hybridized carbons (Fsp3) is 0.211. The van der Waals surface area contributed by atoms with Crippen LogP contribution in [0.5, 0.6) is 11.5 Å². The molecule has 0 aliphatic carbocycles. The molecule has 1 aliphatic rings. The van der Waals surface area contributed by atoms with Crippen LogP contribution in [0.4, 0.5) is 5.69 Å². The molecule has 5 nitrogen and oxygen atoms in total. The molecule has 6 heteroatoms. The third-order valence-corrected chi connectivity index (χ3v) is 4.79. The second kappa shape index (κ2) is 6.37. The van der Waals surface area contributed by atoms with Gasteiger partial charge in [0.1, 0.15) is 18.8 Å². The Labute approximate surface area is 149 Å². The van der Waals surface area contributed by atoms with Crippen molar-refractivity contribution in [1.29, 1.82) is 0 Å². The predicted molar refractivity (Wildman–Crippen MR) is 98.1 cm³/mol. The first kappa shape index (κ1) is 15.9. The summed E-state index contributed by atoms with van der Waals surface area (Å²) in [6, 6.07) is 11.3. The molecule has 128 valence electrons. The summed E-state index contributed by atoms with van der Waals surface area (Å²) in [6.07, 6.45) is 1.95. The van der Waals surface area contributed by atoms with Gasteiger partial charge in [-0.1, -0.05) is 11.6 Å². The van der Waals surface area contributed by atoms with Gasteiger partial charge in [0.05, 0.1) is 5.69 Å². The summed E-state index contributed by atoms with van der Waals surface area (Å²) in [7, 11) is 0. The fourth-order valence-electron chi connectivity index (χ4n) is 2.80. The van der Waals surface area contributed by atoms with Crippen molar-refractivity contribution in [3.8, 4) is 11.5 Å². The highest BCUT2D eigenvalue weighted by Crippen LogP contribution is 2.39. The number of thioether (sulfide) groups is 1. The van der Waals surface area contributed by atoms with Crippen molar-refractivity contribution >= 4 is 34.3 Å². The lowest BCUT2D eigenvalue weighted by atomic mass is 10.2. The normalized spacial score (nSPS) is 13.0. The number of aryl methyl sites for hydroxylation is 1. The van der Waals surface area contributed by atoms with Gasteiger partial charge in [0.2, 0.25) is 0 Å². The molecule has 0 unspecified atom stereocenters. The van der Waals surface area contributed by atoms with Crippen LogP contribution < -0.4 is 14.8 Å². The molecule has 0 radical (unpaired) electrons. The Kier molecular flexibility index (Phi) is 4.05. The Morgan fingerprint density at radius 3 is 2.60 bits per heavy atom. The standard InChI is InChI=1S/C19H17NO4S/c1-11-3-4-14-12(7-11)8-17(24-14)19(21)20-13-9-15-16(10-18(13)25-2)23-6-5-22-15/h3-4,7-10H,5-6H2,1-2H3,(H,20,21). The molecule has 0 fully saturated rings. The van der Waals surface area contributed by atoms with Crippen LogP contribution >= 0.6 is 11.8 Å². The zero-order valence-electron chi connectivity index (χ0n) is 13.9. The number of carbonyl (C=O) groups excluding carboxylic acids is 1. The maximum Gasteiger partial charge on any atom is 0.291 e. The van der Waals surface area contributed by atoms with E-state index in [1.807, 2.05) is 37.4 Å². The predicted octanol–water partition coefficient (Wildman–Crippen LogP) is 4.49. The number of anilines is 1. The largest absolute Gasteiger partial charge is 0.486 e. The molecule has 0 atom stereocenters. The molecule has 3 aromatic rings. The second-order valence-electron chi connectivity index (χ2n) is 5.80. The first-order chi connectivity index (χ1) is 12.1. The molecule has 1 aliphatic heterocycles. The van der Waals surface area contributed by atoms with Crippen molar-refractivity contribution in [3.63, 3.8) is 0 Å². The lowest BCUT2D eigenvalue weighted by Gasteiger charge is -2.20. The number of benzene rings is 2. The first-order valence-corrected chi connectivity index (χ1v) is 9.16. The number of hydrogen-bond acceptors (Lipinski definition) is 5. The molecular formula is C19H17NO4S. The molecule has 25 heavy (non-hydrogen) atoms. The van der Waals surface area contributed by atoms with E-state index < -0.39 is 0 Å². The zero-order chi connectivity index (χ0) is 17.4. The van der Waals surface area contributed by atoms with E-state index in [9.17, 15) is 4.79 Å². The maximum atomic E-state index is 12.6. The van der Waals surface area contributed by atoms with Crippen LogP contribution in [0.15, 0.2) is 45.7 Å². The number of fused-ring (bicyclic) bond motifs is 2. The van der Waals surface area contributed by atoms with Crippen molar-refractivity contribution in [2.45, 2.75) is 11.8 Å². The van der Waals surface area contributed by atoms with Crippen molar-refractivity contribution in [3.05, 3.63) is 47.7 Å². The highest BCUT2D eigenvalue weighted by atomic mass is 32.2. The Balaban J connectivity index is 1.65. The fourth-order valence-corrected chi connectivity index (χ4v) is 3.35. The average Bonchev–Trinajstić information content (AvgIpc) is 3.04. The van der Waals surface area contributed by atoms with Crippen LogP contribution in [0.1, 0.15) is 16.1 Å². The van der Waals surface area contributed by atoms with Gasteiger partial charge in [-0.2, -0.15) is 0 Å². The van der Waals surface area contributed by atoms with Crippen LogP contribution in [0.2, 0.25) is 0 Å². The molecule has 0 saturated carbocycles. The van der Waals surface area contributed by atoms with Gasteiger partial charge in [-0.3, -0.25) is 4.79 Å². The van der Waals surface area contributed by atoms with Gasteiger partial charge in [-0.25, -0.2) is 0 Å². The van der Waals surface area contributed by atoms with Crippen molar-refractivity contribution in [2.75, 3.05) is 24.8 Å². The quantitative estimate of drug-likeness (QED) is 0.702. The van der Waals surface area contributed by atoms with E-state index in [0.29, 0.717) is 36.0 Å². The summed E-state index contributed by atoms with van der Waals surface area (Å²) < 4.78 is 16.9. The Hall–Kier alpha value is -2.60. The third-order valence-electron chi connectivity index (χ3n) is 4.01. The second-order valence-corrected chi connectivity index (χ2v) is 6.65. The van der Waals surface area contributed by atoms with E-state index >= 15 is 0 Å².